The molecule has 0 aromatic heterocycles. The van der Waals surface area contributed by atoms with Crippen molar-refractivity contribution in [1.82, 2.24) is 5.32 Å². The van der Waals surface area contributed by atoms with E-state index in [1.807, 2.05) is 0 Å². The van der Waals surface area contributed by atoms with E-state index in [0.29, 0.717) is 17.1 Å². The van der Waals surface area contributed by atoms with Gasteiger partial charge in [-0.3, -0.25) is 0 Å². The Labute approximate surface area is 126 Å². The molecule has 1 spiro atoms. The summed E-state index contributed by atoms with van der Waals surface area (Å²) in [5.74, 6) is 0. The van der Waals surface area contributed by atoms with Gasteiger partial charge in [-0.15, -0.1) is 0 Å². The molecule has 1 aliphatic heterocycles. The maximum atomic E-state index is 6.57. The molecule has 2 nitrogen and oxygen atoms in total. The summed E-state index contributed by atoms with van der Waals surface area (Å²) >= 11 is 0. The molecule has 2 aliphatic rings. The summed E-state index contributed by atoms with van der Waals surface area (Å²) in [4.78, 5) is 0. The molecule has 0 bridgehead atoms. The van der Waals surface area contributed by atoms with Crippen molar-refractivity contribution in [2.24, 2.45) is 5.41 Å². The summed E-state index contributed by atoms with van der Waals surface area (Å²) in [6, 6.07) is 0. The van der Waals surface area contributed by atoms with Crippen molar-refractivity contribution in [2.75, 3.05) is 13.6 Å². The SMILES string of the molecule is CCCCC(CC)(CNC)CC1CCC2(CCCC2)O1. The summed E-state index contributed by atoms with van der Waals surface area (Å²) in [7, 11) is 2.10. The fourth-order valence-corrected chi connectivity index (χ4v) is 4.54. The summed E-state index contributed by atoms with van der Waals surface area (Å²) in [6.45, 7) is 5.82. The first-order chi connectivity index (χ1) is 9.67. The van der Waals surface area contributed by atoms with Gasteiger partial charge in [-0.25, -0.2) is 0 Å². The van der Waals surface area contributed by atoms with Crippen molar-refractivity contribution in [1.29, 1.82) is 0 Å². The van der Waals surface area contributed by atoms with Gasteiger partial charge in [-0.1, -0.05) is 39.5 Å². The second kappa shape index (κ2) is 7.26. The molecule has 1 saturated carbocycles. The Morgan fingerprint density at radius 2 is 1.95 bits per heavy atom. The highest BCUT2D eigenvalue weighted by Gasteiger charge is 2.44. The van der Waals surface area contributed by atoms with Crippen molar-refractivity contribution in [2.45, 2.75) is 96.2 Å². The lowest BCUT2D eigenvalue weighted by Crippen LogP contribution is -2.36. The maximum absolute atomic E-state index is 6.57. The van der Waals surface area contributed by atoms with E-state index in [4.69, 9.17) is 4.74 Å². The third kappa shape index (κ3) is 3.76. The van der Waals surface area contributed by atoms with Crippen LogP contribution in [-0.2, 0) is 4.74 Å². The molecule has 118 valence electrons. The van der Waals surface area contributed by atoms with Gasteiger partial charge in [-0.2, -0.15) is 0 Å². The van der Waals surface area contributed by atoms with E-state index < -0.39 is 0 Å². The topological polar surface area (TPSA) is 21.3 Å². The molecule has 0 aromatic rings. The zero-order valence-electron chi connectivity index (χ0n) is 14.0. The lowest BCUT2D eigenvalue weighted by Gasteiger charge is -2.36. The fraction of sp³-hybridized carbons (Fsp3) is 1.00. The minimum atomic E-state index is 0.300. The fourth-order valence-electron chi connectivity index (χ4n) is 4.54. The zero-order valence-corrected chi connectivity index (χ0v) is 14.0. The summed E-state index contributed by atoms with van der Waals surface area (Å²) in [5, 5.41) is 3.45. The monoisotopic (exact) mass is 281 g/mol. The van der Waals surface area contributed by atoms with Crippen LogP contribution in [0.2, 0.25) is 0 Å². The molecule has 1 aliphatic carbocycles. The molecule has 2 heteroatoms. The molecule has 2 fully saturated rings. The van der Waals surface area contributed by atoms with Gasteiger partial charge in [0.2, 0.25) is 0 Å². The molecule has 1 saturated heterocycles. The Morgan fingerprint density at radius 1 is 1.20 bits per heavy atom. The minimum Gasteiger partial charge on any atom is -0.372 e. The van der Waals surface area contributed by atoms with E-state index >= 15 is 0 Å². The molecule has 0 aromatic carbocycles. The molecule has 1 N–H and O–H groups in total. The van der Waals surface area contributed by atoms with Crippen LogP contribution in [0.4, 0.5) is 0 Å². The van der Waals surface area contributed by atoms with Crippen molar-refractivity contribution in [3.05, 3.63) is 0 Å². The van der Waals surface area contributed by atoms with Crippen molar-refractivity contribution in [3.8, 4) is 0 Å². The normalized spacial score (nSPS) is 28.1. The Hall–Kier alpha value is -0.0800. The van der Waals surface area contributed by atoms with Crippen LogP contribution in [-0.4, -0.2) is 25.3 Å². The van der Waals surface area contributed by atoms with Gasteiger partial charge in [-0.05, 0) is 57.4 Å². The van der Waals surface area contributed by atoms with Gasteiger partial charge in [0.25, 0.3) is 0 Å². The van der Waals surface area contributed by atoms with Crippen LogP contribution in [0, 0.1) is 5.41 Å². The molecular weight excluding hydrogens is 246 g/mol. The third-order valence-corrected chi connectivity index (χ3v) is 5.88. The molecule has 0 amide bonds. The van der Waals surface area contributed by atoms with E-state index in [1.165, 1.54) is 70.6 Å². The average Bonchev–Trinajstić information content (AvgIpc) is 3.07. The molecule has 2 rings (SSSR count). The van der Waals surface area contributed by atoms with Crippen LogP contribution in [0.3, 0.4) is 0 Å². The summed E-state index contributed by atoms with van der Waals surface area (Å²) in [5.41, 5.74) is 0.758. The number of unbranched alkanes of at least 4 members (excludes halogenated alkanes) is 1. The summed E-state index contributed by atoms with van der Waals surface area (Å²) in [6.07, 6.45) is 15.1. The molecule has 20 heavy (non-hydrogen) atoms. The largest absolute Gasteiger partial charge is 0.372 e. The predicted molar refractivity (Wildman–Crippen MR) is 86.1 cm³/mol. The van der Waals surface area contributed by atoms with Gasteiger partial charge < -0.3 is 10.1 Å². The van der Waals surface area contributed by atoms with Gasteiger partial charge in [0.05, 0.1) is 11.7 Å². The van der Waals surface area contributed by atoms with Crippen LogP contribution in [0.15, 0.2) is 0 Å². The van der Waals surface area contributed by atoms with Gasteiger partial charge >= 0.3 is 0 Å². The standard InChI is InChI=1S/C18H35NO/c1-4-6-10-17(5-2,15-19-3)14-16-9-13-18(20-16)11-7-8-12-18/h16,19H,4-15H2,1-3H3. The van der Waals surface area contributed by atoms with E-state index in [-0.39, 0.29) is 0 Å². The van der Waals surface area contributed by atoms with Crippen molar-refractivity contribution in [3.63, 3.8) is 0 Å². The molecule has 2 atom stereocenters. The molecule has 0 radical (unpaired) electrons. The maximum Gasteiger partial charge on any atom is 0.0687 e. The lowest BCUT2D eigenvalue weighted by molar-refractivity contribution is -0.0550. The Kier molecular flexibility index (Phi) is 5.92. The van der Waals surface area contributed by atoms with Crippen LogP contribution >= 0.6 is 0 Å². The smallest absolute Gasteiger partial charge is 0.0687 e. The second-order valence-electron chi connectivity index (χ2n) is 7.36. The highest BCUT2D eigenvalue weighted by atomic mass is 16.5. The molecule has 1 heterocycles. The highest BCUT2D eigenvalue weighted by Crippen LogP contribution is 2.46. The van der Waals surface area contributed by atoms with Crippen LogP contribution in [0.5, 0.6) is 0 Å². The number of hydrogen-bond donors (Lipinski definition) is 1. The van der Waals surface area contributed by atoms with E-state index in [0.717, 1.165) is 6.54 Å². The summed E-state index contributed by atoms with van der Waals surface area (Å²) < 4.78 is 6.57. The Bertz CT molecular complexity index is 285. The lowest BCUT2D eigenvalue weighted by atomic mass is 9.75. The van der Waals surface area contributed by atoms with Gasteiger partial charge in [0, 0.05) is 6.54 Å². The quantitative estimate of drug-likeness (QED) is 0.698. The number of ether oxygens (including phenoxy) is 1. The second-order valence-corrected chi connectivity index (χ2v) is 7.36. The predicted octanol–water partition coefficient (Wildman–Crippen LogP) is 4.67. The zero-order chi connectivity index (χ0) is 14.5. The third-order valence-electron chi connectivity index (χ3n) is 5.88. The first kappa shape index (κ1) is 16.3. The van der Waals surface area contributed by atoms with Gasteiger partial charge in [0.1, 0.15) is 0 Å². The number of hydrogen-bond acceptors (Lipinski definition) is 2. The van der Waals surface area contributed by atoms with E-state index in [2.05, 4.69) is 26.2 Å². The van der Waals surface area contributed by atoms with Crippen molar-refractivity contribution < 1.29 is 4.74 Å². The van der Waals surface area contributed by atoms with Crippen LogP contribution in [0.25, 0.3) is 0 Å². The average molecular weight is 281 g/mol. The molecule has 2 unspecified atom stereocenters. The van der Waals surface area contributed by atoms with Crippen LogP contribution in [0.1, 0.15) is 84.5 Å². The van der Waals surface area contributed by atoms with Crippen LogP contribution < -0.4 is 5.32 Å². The van der Waals surface area contributed by atoms with E-state index in [9.17, 15) is 0 Å². The Balaban J connectivity index is 1.93. The van der Waals surface area contributed by atoms with E-state index in [1.54, 1.807) is 0 Å². The first-order valence-corrected chi connectivity index (χ1v) is 9.00. The minimum absolute atomic E-state index is 0.300. The highest BCUT2D eigenvalue weighted by molar-refractivity contribution is 4.95. The number of nitrogens with one attached hydrogen (secondary N) is 1. The number of rotatable bonds is 8. The molecular formula is C18H35NO. The van der Waals surface area contributed by atoms with Crippen molar-refractivity contribution >= 4 is 0 Å². The van der Waals surface area contributed by atoms with Gasteiger partial charge in [0.15, 0.2) is 0 Å². The Morgan fingerprint density at radius 3 is 2.55 bits per heavy atom. The first-order valence-electron chi connectivity index (χ1n) is 9.00.